The number of likely N-dealkylation sites (tertiary alicyclic amines) is 1. The van der Waals surface area contributed by atoms with Gasteiger partial charge in [0.05, 0.1) is 0 Å². The van der Waals surface area contributed by atoms with Crippen molar-refractivity contribution in [3.05, 3.63) is 30.3 Å². The molecule has 0 amide bonds. The van der Waals surface area contributed by atoms with Gasteiger partial charge in [-0.15, -0.1) is 11.6 Å². The molecule has 1 heterocycles. The van der Waals surface area contributed by atoms with E-state index in [9.17, 15) is 0 Å². The van der Waals surface area contributed by atoms with Gasteiger partial charge in [0.2, 0.25) is 0 Å². The van der Waals surface area contributed by atoms with Crippen LogP contribution in [0.5, 0.6) is 5.75 Å². The van der Waals surface area contributed by atoms with Crippen LogP contribution in [0, 0.1) is 0 Å². The van der Waals surface area contributed by atoms with Gasteiger partial charge in [0, 0.05) is 11.9 Å². The zero-order chi connectivity index (χ0) is 12.6. The third-order valence-electron chi connectivity index (χ3n) is 3.53. The van der Waals surface area contributed by atoms with E-state index in [4.69, 9.17) is 16.3 Å². The molecule has 0 saturated carbocycles. The highest BCUT2D eigenvalue weighted by molar-refractivity contribution is 6.17. The molecule has 1 aromatic carbocycles. The summed E-state index contributed by atoms with van der Waals surface area (Å²) in [5.74, 6) is 1.66. The number of alkyl halides is 1. The summed E-state index contributed by atoms with van der Waals surface area (Å²) >= 11 is 5.92. The summed E-state index contributed by atoms with van der Waals surface area (Å²) in [7, 11) is 0. The van der Waals surface area contributed by atoms with E-state index in [-0.39, 0.29) is 0 Å². The van der Waals surface area contributed by atoms with Gasteiger partial charge in [0.15, 0.2) is 0 Å². The molecular formula is C15H22ClNO. The summed E-state index contributed by atoms with van der Waals surface area (Å²) in [5.41, 5.74) is 0. The topological polar surface area (TPSA) is 12.5 Å². The Bertz CT molecular complexity index is 325. The molecule has 0 N–H and O–H groups in total. The number of rotatable bonds is 6. The smallest absolute Gasteiger partial charge is 0.119 e. The lowest BCUT2D eigenvalue weighted by atomic mass is 10.1. The summed E-state index contributed by atoms with van der Waals surface area (Å²) in [6, 6.07) is 10.5. The highest BCUT2D eigenvalue weighted by Gasteiger charge is 2.20. The van der Waals surface area contributed by atoms with E-state index in [2.05, 4.69) is 4.90 Å². The maximum absolute atomic E-state index is 5.92. The van der Waals surface area contributed by atoms with Crippen LogP contribution < -0.4 is 4.74 Å². The molecule has 100 valence electrons. The molecule has 2 rings (SSSR count). The Hall–Kier alpha value is -0.730. The highest BCUT2D eigenvalue weighted by Crippen LogP contribution is 2.17. The lowest BCUT2D eigenvalue weighted by Crippen LogP contribution is -2.42. The number of piperidine rings is 1. The first-order valence-corrected chi connectivity index (χ1v) is 7.41. The number of para-hydroxylation sites is 1. The van der Waals surface area contributed by atoms with Gasteiger partial charge in [-0.05, 0) is 44.5 Å². The fourth-order valence-corrected chi connectivity index (χ4v) is 2.74. The second kappa shape index (κ2) is 7.65. The molecule has 1 atom stereocenters. The Morgan fingerprint density at radius 3 is 2.50 bits per heavy atom. The quantitative estimate of drug-likeness (QED) is 0.731. The Morgan fingerprint density at radius 1 is 1.11 bits per heavy atom. The van der Waals surface area contributed by atoms with Crippen molar-refractivity contribution < 1.29 is 4.74 Å². The average Bonchev–Trinajstić information content (AvgIpc) is 2.45. The zero-order valence-corrected chi connectivity index (χ0v) is 11.6. The lowest BCUT2D eigenvalue weighted by molar-refractivity contribution is 0.111. The van der Waals surface area contributed by atoms with E-state index < -0.39 is 0 Å². The van der Waals surface area contributed by atoms with Gasteiger partial charge in [0.25, 0.3) is 0 Å². The SMILES string of the molecule is ClCCC(COc1ccccc1)N1CCCCC1. The predicted octanol–water partition coefficient (Wildman–Crippen LogP) is 3.55. The highest BCUT2D eigenvalue weighted by atomic mass is 35.5. The van der Waals surface area contributed by atoms with E-state index in [1.54, 1.807) is 0 Å². The van der Waals surface area contributed by atoms with Crippen LogP contribution >= 0.6 is 11.6 Å². The van der Waals surface area contributed by atoms with Crippen molar-refractivity contribution in [1.29, 1.82) is 0 Å². The van der Waals surface area contributed by atoms with E-state index in [1.807, 2.05) is 30.3 Å². The predicted molar refractivity (Wildman–Crippen MR) is 76.5 cm³/mol. The van der Waals surface area contributed by atoms with Crippen LogP contribution in [0.1, 0.15) is 25.7 Å². The molecule has 1 saturated heterocycles. The molecule has 3 heteroatoms. The molecule has 1 aromatic rings. The summed E-state index contributed by atoms with van der Waals surface area (Å²) in [6.45, 7) is 3.14. The normalized spacial score (nSPS) is 18.5. The van der Waals surface area contributed by atoms with E-state index in [1.165, 1.54) is 32.4 Å². The Balaban J connectivity index is 1.85. The summed E-state index contributed by atoms with van der Waals surface area (Å²) in [4.78, 5) is 2.54. The number of halogens is 1. The minimum atomic E-state index is 0.461. The third kappa shape index (κ3) is 4.18. The van der Waals surface area contributed by atoms with Gasteiger partial charge in [-0.2, -0.15) is 0 Å². The van der Waals surface area contributed by atoms with Gasteiger partial charge in [-0.3, -0.25) is 4.90 Å². The van der Waals surface area contributed by atoms with Crippen molar-refractivity contribution >= 4 is 11.6 Å². The van der Waals surface area contributed by atoms with Gasteiger partial charge in [-0.25, -0.2) is 0 Å². The van der Waals surface area contributed by atoms with E-state index >= 15 is 0 Å². The number of benzene rings is 1. The zero-order valence-electron chi connectivity index (χ0n) is 10.9. The average molecular weight is 268 g/mol. The molecule has 18 heavy (non-hydrogen) atoms. The van der Waals surface area contributed by atoms with Crippen molar-refractivity contribution in [2.45, 2.75) is 31.7 Å². The van der Waals surface area contributed by atoms with Crippen molar-refractivity contribution in [3.8, 4) is 5.75 Å². The Morgan fingerprint density at radius 2 is 1.83 bits per heavy atom. The second-order valence-corrected chi connectivity index (χ2v) is 5.23. The Labute approximate surface area is 115 Å². The van der Waals surface area contributed by atoms with Crippen molar-refractivity contribution in [2.75, 3.05) is 25.6 Å². The van der Waals surface area contributed by atoms with Crippen molar-refractivity contribution in [1.82, 2.24) is 4.90 Å². The number of hydrogen-bond acceptors (Lipinski definition) is 2. The maximum Gasteiger partial charge on any atom is 0.119 e. The van der Waals surface area contributed by atoms with E-state index in [0.717, 1.165) is 18.8 Å². The van der Waals surface area contributed by atoms with Crippen LogP contribution in [0.4, 0.5) is 0 Å². The summed E-state index contributed by atoms with van der Waals surface area (Å²) in [5, 5.41) is 0. The summed E-state index contributed by atoms with van der Waals surface area (Å²) in [6.07, 6.45) is 4.99. The third-order valence-corrected chi connectivity index (χ3v) is 3.75. The van der Waals surface area contributed by atoms with Crippen LogP contribution in [-0.2, 0) is 0 Å². The van der Waals surface area contributed by atoms with Crippen LogP contribution in [0.25, 0.3) is 0 Å². The largest absolute Gasteiger partial charge is 0.492 e. The molecule has 0 spiro atoms. The molecule has 1 aliphatic rings. The van der Waals surface area contributed by atoms with Crippen molar-refractivity contribution in [2.24, 2.45) is 0 Å². The molecule has 0 aromatic heterocycles. The molecule has 0 aliphatic carbocycles. The maximum atomic E-state index is 5.92. The number of nitrogens with zero attached hydrogens (tertiary/aromatic N) is 1. The van der Waals surface area contributed by atoms with E-state index in [0.29, 0.717) is 11.9 Å². The first kappa shape index (κ1) is 13.7. The Kier molecular flexibility index (Phi) is 5.82. The second-order valence-electron chi connectivity index (χ2n) is 4.85. The van der Waals surface area contributed by atoms with Gasteiger partial charge in [0.1, 0.15) is 12.4 Å². The standard InChI is InChI=1S/C15H22ClNO/c16-10-9-14(17-11-5-2-6-12-17)13-18-15-7-3-1-4-8-15/h1,3-4,7-8,14H,2,5-6,9-13H2. The van der Waals surface area contributed by atoms with Gasteiger partial charge in [-0.1, -0.05) is 24.6 Å². The minimum Gasteiger partial charge on any atom is -0.492 e. The van der Waals surface area contributed by atoms with Gasteiger partial charge < -0.3 is 4.74 Å². The van der Waals surface area contributed by atoms with Crippen LogP contribution in [-0.4, -0.2) is 36.5 Å². The molecule has 0 bridgehead atoms. The molecule has 1 unspecified atom stereocenters. The lowest BCUT2D eigenvalue weighted by Gasteiger charge is -2.34. The van der Waals surface area contributed by atoms with Crippen LogP contribution in [0.3, 0.4) is 0 Å². The number of ether oxygens (including phenoxy) is 1. The molecule has 1 fully saturated rings. The molecular weight excluding hydrogens is 246 g/mol. The summed E-state index contributed by atoms with van der Waals surface area (Å²) < 4.78 is 5.87. The first-order valence-electron chi connectivity index (χ1n) is 6.88. The number of hydrogen-bond donors (Lipinski definition) is 0. The minimum absolute atomic E-state index is 0.461. The molecule has 2 nitrogen and oxygen atoms in total. The van der Waals surface area contributed by atoms with Gasteiger partial charge >= 0.3 is 0 Å². The fraction of sp³-hybridized carbons (Fsp3) is 0.600. The van der Waals surface area contributed by atoms with Crippen molar-refractivity contribution in [3.63, 3.8) is 0 Å². The van der Waals surface area contributed by atoms with Crippen LogP contribution in [0.15, 0.2) is 30.3 Å². The van der Waals surface area contributed by atoms with Crippen LogP contribution in [0.2, 0.25) is 0 Å². The monoisotopic (exact) mass is 267 g/mol. The first-order chi connectivity index (χ1) is 8.90. The molecule has 0 radical (unpaired) electrons. The fourth-order valence-electron chi connectivity index (χ4n) is 2.49. The molecule has 1 aliphatic heterocycles.